The molecule has 2 aromatic carbocycles. The molecule has 2 heterocycles. The maximum absolute atomic E-state index is 13.5. The van der Waals surface area contributed by atoms with Crippen molar-refractivity contribution in [3.05, 3.63) is 71.3 Å². The Morgan fingerprint density at radius 3 is 2.26 bits per heavy atom. The van der Waals surface area contributed by atoms with Crippen molar-refractivity contribution in [3.8, 4) is 0 Å². The highest BCUT2D eigenvalue weighted by atomic mass is 16.2. The minimum absolute atomic E-state index is 0.109. The number of likely N-dealkylation sites (tertiary alicyclic amines) is 1. The number of aryl methyl sites for hydroxylation is 1. The van der Waals surface area contributed by atoms with E-state index in [9.17, 15) is 9.59 Å². The quantitative estimate of drug-likeness (QED) is 0.744. The van der Waals surface area contributed by atoms with Crippen molar-refractivity contribution in [1.82, 2.24) is 14.7 Å². The molecule has 4 rings (SSSR count). The molecule has 0 aromatic heterocycles. The molecule has 0 radical (unpaired) electrons. The van der Waals surface area contributed by atoms with E-state index < -0.39 is 0 Å². The van der Waals surface area contributed by atoms with E-state index in [4.69, 9.17) is 0 Å². The zero-order chi connectivity index (χ0) is 21.6. The first-order valence-electron chi connectivity index (χ1n) is 11.5. The Kier molecular flexibility index (Phi) is 7.03. The van der Waals surface area contributed by atoms with Crippen LogP contribution in [0, 0.1) is 6.92 Å². The molecular weight excluding hydrogens is 386 g/mol. The summed E-state index contributed by atoms with van der Waals surface area (Å²) in [6, 6.07) is 18.4. The summed E-state index contributed by atoms with van der Waals surface area (Å²) in [5.74, 6) is 0.235. The molecule has 164 valence electrons. The third-order valence-corrected chi connectivity index (χ3v) is 6.51. The summed E-state index contributed by atoms with van der Waals surface area (Å²) < 4.78 is 0. The van der Waals surface area contributed by atoms with Gasteiger partial charge in [0.05, 0.1) is 0 Å². The van der Waals surface area contributed by atoms with Crippen LogP contribution in [0.5, 0.6) is 0 Å². The fourth-order valence-corrected chi connectivity index (χ4v) is 4.61. The molecule has 2 fully saturated rings. The van der Waals surface area contributed by atoms with Gasteiger partial charge in [-0.3, -0.25) is 14.5 Å². The van der Waals surface area contributed by atoms with Crippen molar-refractivity contribution in [1.29, 1.82) is 0 Å². The van der Waals surface area contributed by atoms with E-state index in [1.54, 1.807) is 0 Å². The van der Waals surface area contributed by atoms with E-state index in [-0.39, 0.29) is 17.9 Å². The molecule has 0 bridgehead atoms. The first-order chi connectivity index (χ1) is 15.1. The van der Waals surface area contributed by atoms with Gasteiger partial charge in [-0.1, -0.05) is 66.6 Å². The number of benzene rings is 2. The Bertz CT molecular complexity index is 873. The van der Waals surface area contributed by atoms with E-state index in [0.29, 0.717) is 13.0 Å². The lowest BCUT2D eigenvalue weighted by molar-refractivity contribution is -0.147. The number of hydrogen-bond acceptors (Lipinski definition) is 3. The maximum atomic E-state index is 13.5. The molecule has 5 nitrogen and oxygen atoms in total. The molecule has 1 atom stereocenters. The molecule has 0 N–H and O–H groups in total. The third-order valence-electron chi connectivity index (χ3n) is 6.51. The third kappa shape index (κ3) is 5.53. The SMILES string of the molecule is Cc1ccc(CN2CCN(C(=O)C3CCCCC(=O)N3Cc3ccccc3)CC2)cc1. The van der Waals surface area contributed by atoms with E-state index in [0.717, 1.165) is 57.5 Å². The lowest BCUT2D eigenvalue weighted by Gasteiger charge is -2.38. The van der Waals surface area contributed by atoms with Crippen LogP contribution < -0.4 is 0 Å². The average molecular weight is 420 g/mol. The van der Waals surface area contributed by atoms with E-state index >= 15 is 0 Å². The summed E-state index contributed by atoms with van der Waals surface area (Å²) in [6.45, 7) is 6.75. The van der Waals surface area contributed by atoms with Crippen LogP contribution in [0.15, 0.2) is 54.6 Å². The largest absolute Gasteiger partial charge is 0.338 e. The van der Waals surface area contributed by atoms with Crippen molar-refractivity contribution in [2.75, 3.05) is 26.2 Å². The molecule has 2 aliphatic rings. The molecule has 2 aliphatic heterocycles. The van der Waals surface area contributed by atoms with Gasteiger partial charge in [0.1, 0.15) is 6.04 Å². The van der Waals surface area contributed by atoms with Gasteiger partial charge in [0.25, 0.3) is 0 Å². The second kappa shape index (κ2) is 10.1. The van der Waals surface area contributed by atoms with Crippen LogP contribution in [0.1, 0.15) is 42.4 Å². The smallest absolute Gasteiger partial charge is 0.245 e. The monoisotopic (exact) mass is 419 g/mol. The van der Waals surface area contributed by atoms with Gasteiger partial charge in [0.2, 0.25) is 11.8 Å². The number of rotatable bonds is 5. The lowest BCUT2D eigenvalue weighted by atomic mass is 10.1. The van der Waals surface area contributed by atoms with Crippen LogP contribution in [0.3, 0.4) is 0 Å². The summed E-state index contributed by atoms with van der Waals surface area (Å²) in [5, 5.41) is 0. The molecule has 5 heteroatoms. The zero-order valence-corrected chi connectivity index (χ0v) is 18.5. The maximum Gasteiger partial charge on any atom is 0.245 e. The van der Waals surface area contributed by atoms with Crippen molar-refractivity contribution in [3.63, 3.8) is 0 Å². The summed E-state index contributed by atoms with van der Waals surface area (Å²) in [5.41, 5.74) is 3.67. The second-order valence-corrected chi connectivity index (χ2v) is 8.86. The average Bonchev–Trinajstić information content (AvgIpc) is 2.98. The first kappa shape index (κ1) is 21.6. The van der Waals surface area contributed by atoms with Crippen molar-refractivity contribution in [2.24, 2.45) is 0 Å². The van der Waals surface area contributed by atoms with Crippen LogP contribution >= 0.6 is 0 Å². The Labute approximate surface area is 185 Å². The highest BCUT2D eigenvalue weighted by Crippen LogP contribution is 2.23. The number of carbonyl (C=O) groups is 2. The molecule has 1 unspecified atom stereocenters. The van der Waals surface area contributed by atoms with Crippen LogP contribution in [0.2, 0.25) is 0 Å². The number of amides is 2. The van der Waals surface area contributed by atoms with Gasteiger partial charge in [0.15, 0.2) is 0 Å². The standard InChI is InChI=1S/C26H33N3O2/c1-21-11-13-23(14-12-21)19-27-15-17-28(18-16-27)26(31)24-9-5-6-10-25(30)29(24)20-22-7-3-2-4-8-22/h2-4,7-8,11-14,24H,5-6,9-10,15-20H2,1H3. The molecule has 2 saturated heterocycles. The van der Waals surface area contributed by atoms with Gasteiger partial charge in [-0.25, -0.2) is 0 Å². The van der Waals surface area contributed by atoms with E-state index in [2.05, 4.69) is 36.1 Å². The number of carbonyl (C=O) groups excluding carboxylic acids is 2. The Morgan fingerprint density at radius 1 is 0.871 bits per heavy atom. The molecule has 31 heavy (non-hydrogen) atoms. The highest BCUT2D eigenvalue weighted by molar-refractivity contribution is 5.88. The zero-order valence-electron chi connectivity index (χ0n) is 18.5. The molecule has 0 saturated carbocycles. The topological polar surface area (TPSA) is 43.9 Å². The summed E-state index contributed by atoms with van der Waals surface area (Å²) in [6.07, 6.45) is 3.11. The second-order valence-electron chi connectivity index (χ2n) is 8.86. The predicted octanol–water partition coefficient (Wildman–Crippen LogP) is 3.61. The van der Waals surface area contributed by atoms with Crippen LogP contribution in [-0.2, 0) is 22.7 Å². The van der Waals surface area contributed by atoms with Gasteiger partial charge >= 0.3 is 0 Å². The van der Waals surface area contributed by atoms with Gasteiger partial charge in [-0.05, 0) is 30.9 Å². The predicted molar refractivity (Wildman–Crippen MR) is 122 cm³/mol. The van der Waals surface area contributed by atoms with Gasteiger partial charge in [0, 0.05) is 45.7 Å². The van der Waals surface area contributed by atoms with Crippen LogP contribution in [-0.4, -0.2) is 58.7 Å². The van der Waals surface area contributed by atoms with Gasteiger partial charge < -0.3 is 9.80 Å². The fourth-order valence-electron chi connectivity index (χ4n) is 4.61. The van der Waals surface area contributed by atoms with Gasteiger partial charge in [-0.2, -0.15) is 0 Å². The van der Waals surface area contributed by atoms with Crippen molar-refractivity contribution < 1.29 is 9.59 Å². The minimum Gasteiger partial charge on any atom is -0.338 e. The Morgan fingerprint density at radius 2 is 1.55 bits per heavy atom. The van der Waals surface area contributed by atoms with Crippen LogP contribution in [0.25, 0.3) is 0 Å². The van der Waals surface area contributed by atoms with Crippen LogP contribution in [0.4, 0.5) is 0 Å². The number of hydrogen-bond donors (Lipinski definition) is 0. The molecule has 2 amide bonds. The molecular formula is C26H33N3O2. The molecule has 0 spiro atoms. The number of nitrogens with zero attached hydrogens (tertiary/aromatic N) is 3. The summed E-state index contributed by atoms with van der Waals surface area (Å²) in [7, 11) is 0. The van der Waals surface area contributed by atoms with E-state index in [1.807, 2.05) is 40.1 Å². The van der Waals surface area contributed by atoms with Crippen molar-refractivity contribution >= 4 is 11.8 Å². The molecule has 2 aromatic rings. The normalized spacial score (nSPS) is 20.5. The summed E-state index contributed by atoms with van der Waals surface area (Å²) in [4.78, 5) is 32.5. The highest BCUT2D eigenvalue weighted by Gasteiger charge is 2.35. The number of piperazine rings is 1. The lowest BCUT2D eigenvalue weighted by Crippen LogP contribution is -2.55. The Balaban J connectivity index is 1.38. The fraction of sp³-hybridized carbons (Fsp3) is 0.462. The Hall–Kier alpha value is -2.66. The minimum atomic E-state index is -0.334. The summed E-state index contributed by atoms with van der Waals surface area (Å²) >= 11 is 0. The van der Waals surface area contributed by atoms with Gasteiger partial charge in [-0.15, -0.1) is 0 Å². The first-order valence-corrected chi connectivity index (χ1v) is 11.5. The van der Waals surface area contributed by atoms with Crippen molar-refractivity contribution in [2.45, 2.75) is 51.7 Å². The van der Waals surface area contributed by atoms with E-state index in [1.165, 1.54) is 11.1 Å². The molecule has 0 aliphatic carbocycles.